The highest BCUT2D eigenvalue weighted by atomic mass is 35.7. The molecular formula is C9H12ClNO2S2. The number of hydrogen-bond acceptors (Lipinski definition) is 3. The summed E-state index contributed by atoms with van der Waals surface area (Å²) >= 11 is 0. The summed E-state index contributed by atoms with van der Waals surface area (Å²) in [7, 11) is 3.09. The average Bonchev–Trinajstić information content (AvgIpc) is 2.18. The molecule has 84 valence electrons. The molecule has 0 aliphatic rings. The molecule has 0 heterocycles. The second kappa shape index (κ2) is 5.75. The Bertz CT molecular complexity index is 403. The third-order valence-electron chi connectivity index (χ3n) is 1.80. The normalized spacial score (nSPS) is 11.6. The number of aryl methyl sites for hydroxylation is 1. The standard InChI is InChI=1S/C9H12ClNO2S2/c1-8-2-4-9(5-3-8)15(12,13)11-6-7-14-10/h2-5,11H,6-7H2,1H3. The Hall–Kier alpha value is -0.230. The zero-order chi connectivity index (χ0) is 11.3. The summed E-state index contributed by atoms with van der Waals surface area (Å²) in [6.07, 6.45) is 0. The Morgan fingerprint density at radius 1 is 1.33 bits per heavy atom. The monoisotopic (exact) mass is 265 g/mol. The highest BCUT2D eigenvalue weighted by Gasteiger charge is 2.12. The van der Waals surface area contributed by atoms with Crippen LogP contribution in [0.25, 0.3) is 0 Å². The zero-order valence-corrected chi connectivity index (χ0v) is 10.6. The number of nitrogens with one attached hydrogen (secondary N) is 1. The number of halogens is 1. The average molecular weight is 266 g/mol. The molecule has 6 heteroatoms. The fourth-order valence-electron chi connectivity index (χ4n) is 1.02. The fourth-order valence-corrected chi connectivity index (χ4v) is 2.59. The van der Waals surface area contributed by atoms with Gasteiger partial charge < -0.3 is 0 Å². The van der Waals surface area contributed by atoms with Crippen LogP contribution in [0.2, 0.25) is 0 Å². The summed E-state index contributed by atoms with van der Waals surface area (Å²) < 4.78 is 25.8. The van der Waals surface area contributed by atoms with Gasteiger partial charge in [0.1, 0.15) is 0 Å². The van der Waals surface area contributed by atoms with Gasteiger partial charge in [-0.25, -0.2) is 13.1 Å². The van der Waals surface area contributed by atoms with Gasteiger partial charge in [-0.15, -0.1) is 0 Å². The van der Waals surface area contributed by atoms with Crippen LogP contribution in [0.4, 0.5) is 0 Å². The summed E-state index contributed by atoms with van der Waals surface area (Å²) in [4.78, 5) is 0.285. The summed E-state index contributed by atoms with van der Waals surface area (Å²) in [5, 5.41) is 0. The maximum atomic E-state index is 11.7. The first-order valence-electron chi connectivity index (χ1n) is 4.36. The second-order valence-corrected chi connectivity index (χ2v) is 6.07. The summed E-state index contributed by atoms with van der Waals surface area (Å²) in [6, 6.07) is 6.72. The quantitative estimate of drug-likeness (QED) is 0.830. The Balaban J connectivity index is 2.73. The van der Waals surface area contributed by atoms with Crippen LogP contribution in [-0.2, 0) is 10.0 Å². The molecule has 0 spiro atoms. The van der Waals surface area contributed by atoms with E-state index in [4.69, 9.17) is 10.7 Å². The predicted molar refractivity (Wildman–Crippen MR) is 64.7 cm³/mol. The van der Waals surface area contributed by atoms with Crippen molar-refractivity contribution in [1.29, 1.82) is 0 Å². The zero-order valence-electron chi connectivity index (χ0n) is 8.23. The van der Waals surface area contributed by atoms with Crippen molar-refractivity contribution < 1.29 is 8.42 Å². The van der Waals surface area contributed by atoms with Crippen molar-refractivity contribution in [3.8, 4) is 0 Å². The number of benzene rings is 1. The van der Waals surface area contributed by atoms with Gasteiger partial charge in [0.05, 0.1) is 4.90 Å². The van der Waals surface area contributed by atoms with Crippen LogP contribution in [0, 0.1) is 6.92 Å². The Labute approximate surface area is 98.8 Å². The Morgan fingerprint density at radius 2 is 1.93 bits per heavy atom. The van der Waals surface area contributed by atoms with Gasteiger partial charge in [-0.2, -0.15) is 0 Å². The van der Waals surface area contributed by atoms with E-state index in [1.165, 1.54) is 0 Å². The van der Waals surface area contributed by atoms with Crippen LogP contribution in [0.3, 0.4) is 0 Å². The van der Waals surface area contributed by atoms with Crippen LogP contribution in [-0.4, -0.2) is 20.7 Å². The molecule has 1 aromatic rings. The Morgan fingerprint density at radius 3 is 2.47 bits per heavy atom. The number of sulfonamides is 1. The van der Waals surface area contributed by atoms with Gasteiger partial charge in [-0.05, 0) is 29.7 Å². The second-order valence-electron chi connectivity index (χ2n) is 3.02. The first-order valence-corrected chi connectivity index (χ1v) is 7.65. The molecule has 1 rings (SSSR count). The molecule has 0 aliphatic carbocycles. The van der Waals surface area contributed by atoms with Crippen molar-refractivity contribution in [3.05, 3.63) is 29.8 Å². The van der Waals surface area contributed by atoms with E-state index in [0.29, 0.717) is 12.3 Å². The van der Waals surface area contributed by atoms with E-state index in [2.05, 4.69) is 4.72 Å². The molecule has 1 N–H and O–H groups in total. The molecule has 0 unspecified atom stereocenters. The molecule has 0 saturated carbocycles. The lowest BCUT2D eigenvalue weighted by Gasteiger charge is -2.05. The molecule has 1 aromatic carbocycles. The van der Waals surface area contributed by atoms with E-state index in [1.54, 1.807) is 24.3 Å². The maximum Gasteiger partial charge on any atom is 0.240 e. The van der Waals surface area contributed by atoms with E-state index in [1.807, 2.05) is 6.92 Å². The molecule has 0 aromatic heterocycles. The Kier molecular flexibility index (Phi) is 4.92. The van der Waals surface area contributed by atoms with E-state index < -0.39 is 10.0 Å². The maximum absolute atomic E-state index is 11.7. The van der Waals surface area contributed by atoms with E-state index >= 15 is 0 Å². The molecule has 0 saturated heterocycles. The van der Waals surface area contributed by atoms with E-state index in [0.717, 1.165) is 16.5 Å². The molecule has 0 amide bonds. The molecule has 0 aliphatic heterocycles. The molecular weight excluding hydrogens is 254 g/mol. The van der Waals surface area contributed by atoms with Crippen molar-refractivity contribution in [3.63, 3.8) is 0 Å². The van der Waals surface area contributed by atoms with Crippen LogP contribution in [0.1, 0.15) is 5.56 Å². The topological polar surface area (TPSA) is 46.2 Å². The minimum absolute atomic E-state index is 0.285. The summed E-state index contributed by atoms with van der Waals surface area (Å²) in [5.74, 6) is 0.548. The lowest BCUT2D eigenvalue weighted by molar-refractivity contribution is 0.584. The molecule has 0 radical (unpaired) electrons. The first-order chi connectivity index (χ1) is 7.06. The largest absolute Gasteiger partial charge is 0.240 e. The van der Waals surface area contributed by atoms with Gasteiger partial charge in [0.2, 0.25) is 10.0 Å². The third kappa shape index (κ3) is 4.03. The van der Waals surface area contributed by atoms with Crippen LogP contribution in [0.15, 0.2) is 29.2 Å². The van der Waals surface area contributed by atoms with Crippen molar-refractivity contribution in [1.82, 2.24) is 4.72 Å². The van der Waals surface area contributed by atoms with Crippen molar-refractivity contribution in [2.24, 2.45) is 0 Å². The molecule has 0 fully saturated rings. The molecule has 0 bridgehead atoms. The van der Waals surface area contributed by atoms with Gasteiger partial charge in [-0.1, -0.05) is 28.7 Å². The summed E-state index contributed by atoms with van der Waals surface area (Å²) in [6.45, 7) is 2.25. The third-order valence-corrected chi connectivity index (χ3v) is 4.10. The minimum atomic E-state index is -3.37. The van der Waals surface area contributed by atoms with Crippen molar-refractivity contribution >= 4 is 31.7 Å². The lowest BCUT2D eigenvalue weighted by Crippen LogP contribution is -2.25. The van der Waals surface area contributed by atoms with Crippen LogP contribution < -0.4 is 4.72 Å². The van der Waals surface area contributed by atoms with Crippen molar-refractivity contribution in [2.45, 2.75) is 11.8 Å². The fraction of sp³-hybridized carbons (Fsp3) is 0.333. The summed E-state index contributed by atoms with van der Waals surface area (Å²) in [5.41, 5.74) is 1.03. The van der Waals surface area contributed by atoms with E-state index in [9.17, 15) is 8.42 Å². The van der Waals surface area contributed by atoms with Crippen LogP contribution >= 0.6 is 21.7 Å². The first kappa shape index (κ1) is 12.8. The lowest BCUT2D eigenvalue weighted by atomic mass is 10.2. The van der Waals surface area contributed by atoms with Gasteiger partial charge >= 0.3 is 0 Å². The minimum Gasteiger partial charge on any atom is -0.210 e. The smallest absolute Gasteiger partial charge is 0.210 e. The van der Waals surface area contributed by atoms with E-state index in [-0.39, 0.29) is 4.90 Å². The van der Waals surface area contributed by atoms with Gasteiger partial charge in [0.15, 0.2) is 0 Å². The molecule has 0 atom stereocenters. The predicted octanol–water partition coefficient (Wildman–Crippen LogP) is 2.16. The highest BCUT2D eigenvalue weighted by molar-refractivity contribution is 8.21. The molecule has 3 nitrogen and oxygen atoms in total. The van der Waals surface area contributed by atoms with Gasteiger partial charge in [0.25, 0.3) is 0 Å². The molecule has 15 heavy (non-hydrogen) atoms. The van der Waals surface area contributed by atoms with Crippen molar-refractivity contribution in [2.75, 3.05) is 12.3 Å². The highest BCUT2D eigenvalue weighted by Crippen LogP contribution is 2.10. The SMILES string of the molecule is Cc1ccc(S(=O)(=O)NCCSCl)cc1. The van der Waals surface area contributed by atoms with Gasteiger partial charge in [0, 0.05) is 12.3 Å². The van der Waals surface area contributed by atoms with Crippen LogP contribution in [0.5, 0.6) is 0 Å². The number of rotatable bonds is 5. The number of hydrogen-bond donors (Lipinski definition) is 1. The van der Waals surface area contributed by atoms with Gasteiger partial charge in [-0.3, -0.25) is 0 Å².